The third-order valence-electron chi connectivity index (χ3n) is 5.34. The summed E-state index contributed by atoms with van der Waals surface area (Å²) in [7, 11) is 0. The van der Waals surface area contributed by atoms with Crippen molar-refractivity contribution in [3.63, 3.8) is 0 Å². The molecule has 0 unspecified atom stereocenters. The van der Waals surface area contributed by atoms with E-state index in [1.807, 2.05) is 0 Å². The summed E-state index contributed by atoms with van der Waals surface area (Å²) in [6.07, 6.45) is -3.96. The molecule has 1 fully saturated rings. The zero-order chi connectivity index (χ0) is 24.0. The van der Waals surface area contributed by atoms with Crippen LogP contribution in [0.15, 0.2) is 48.5 Å². The maximum Gasteiger partial charge on any atom is 0.417 e. The second-order valence-electron chi connectivity index (χ2n) is 7.58. The number of nitrogens with zero attached hydrogens (tertiary/aromatic N) is 2. The Bertz CT molecular complexity index is 1000. The minimum absolute atomic E-state index is 0.126. The van der Waals surface area contributed by atoms with E-state index < -0.39 is 17.6 Å². The monoisotopic (exact) mass is 481 g/mol. The highest BCUT2D eigenvalue weighted by Crippen LogP contribution is 2.32. The number of halogens is 4. The predicted molar refractivity (Wildman–Crippen MR) is 117 cm³/mol. The maximum absolute atomic E-state index is 13.2. The molecular formula is C23H23ClF3N3O3. The summed E-state index contributed by atoms with van der Waals surface area (Å²) in [5.41, 5.74) is -0.881. The van der Waals surface area contributed by atoms with Crippen molar-refractivity contribution in [3.05, 3.63) is 70.2 Å². The van der Waals surface area contributed by atoms with Crippen LogP contribution in [0.4, 0.5) is 13.2 Å². The third kappa shape index (κ3) is 6.47. The summed E-state index contributed by atoms with van der Waals surface area (Å²) in [4.78, 5) is 40.0. The Balaban J connectivity index is 1.43. The summed E-state index contributed by atoms with van der Waals surface area (Å²) in [5, 5.41) is 3.27. The van der Waals surface area contributed by atoms with E-state index in [2.05, 4.69) is 5.32 Å². The molecule has 0 radical (unpaired) electrons. The molecule has 0 bridgehead atoms. The van der Waals surface area contributed by atoms with Crippen molar-refractivity contribution in [3.8, 4) is 0 Å². The first-order chi connectivity index (χ1) is 15.7. The third-order valence-corrected chi connectivity index (χ3v) is 5.59. The highest BCUT2D eigenvalue weighted by molar-refractivity contribution is 6.30. The van der Waals surface area contributed by atoms with E-state index in [0.29, 0.717) is 23.6 Å². The molecule has 3 rings (SSSR count). The summed E-state index contributed by atoms with van der Waals surface area (Å²) in [5.74, 6) is -1.08. The average molecular weight is 482 g/mol. The smallest absolute Gasteiger partial charge is 0.352 e. The van der Waals surface area contributed by atoms with Crippen LogP contribution < -0.4 is 5.32 Å². The Morgan fingerprint density at radius 3 is 2.15 bits per heavy atom. The van der Waals surface area contributed by atoms with Crippen molar-refractivity contribution in [2.75, 3.05) is 32.7 Å². The molecule has 0 saturated carbocycles. The molecule has 33 heavy (non-hydrogen) atoms. The normalized spacial score (nSPS) is 14.2. The molecule has 6 nitrogen and oxygen atoms in total. The Labute approximate surface area is 194 Å². The first kappa shape index (κ1) is 24.6. The zero-order valence-electron chi connectivity index (χ0n) is 17.7. The van der Waals surface area contributed by atoms with Crippen LogP contribution in [0.2, 0.25) is 5.02 Å². The lowest BCUT2D eigenvalue weighted by Gasteiger charge is -2.35. The summed E-state index contributed by atoms with van der Waals surface area (Å²) < 4.78 is 39.6. The lowest BCUT2D eigenvalue weighted by atomic mass is 10.1. The Hall–Kier alpha value is -3.07. The molecule has 0 aromatic heterocycles. The first-order valence-corrected chi connectivity index (χ1v) is 10.8. The predicted octanol–water partition coefficient (Wildman–Crippen LogP) is 3.85. The Kier molecular flexibility index (Phi) is 7.97. The van der Waals surface area contributed by atoms with Gasteiger partial charge in [0, 0.05) is 49.7 Å². The van der Waals surface area contributed by atoms with Crippen LogP contribution in [0.1, 0.15) is 39.1 Å². The van der Waals surface area contributed by atoms with Crippen molar-refractivity contribution in [2.45, 2.75) is 19.0 Å². The fourth-order valence-electron chi connectivity index (χ4n) is 3.55. The maximum atomic E-state index is 13.2. The molecule has 10 heteroatoms. The number of hydrogen-bond donors (Lipinski definition) is 1. The molecule has 2 aromatic carbocycles. The molecule has 176 valence electrons. The molecule has 0 atom stereocenters. The minimum atomic E-state index is -4.62. The van der Waals surface area contributed by atoms with E-state index in [0.717, 1.165) is 6.07 Å². The topological polar surface area (TPSA) is 69.7 Å². The van der Waals surface area contributed by atoms with Crippen molar-refractivity contribution in [1.82, 2.24) is 15.1 Å². The van der Waals surface area contributed by atoms with Crippen molar-refractivity contribution in [2.24, 2.45) is 0 Å². The van der Waals surface area contributed by atoms with Gasteiger partial charge in [0.25, 0.3) is 11.8 Å². The van der Waals surface area contributed by atoms with Gasteiger partial charge in [0.15, 0.2) is 0 Å². The number of carbonyl (C=O) groups is 3. The van der Waals surface area contributed by atoms with E-state index in [9.17, 15) is 27.6 Å². The van der Waals surface area contributed by atoms with Gasteiger partial charge in [0.2, 0.25) is 5.91 Å². The van der Waals surface area contributed by atoms with Crippen molar-refractivity contribution < 1.29 is 27.6 Å². The molecule has 0 aliphatic carbocycles. The van der Waals surface area contributed by atoms with Gasteiger partial charge in [-0.1, -0.05) is 23.7 Å². The lowest BCUT2D eigenvalue weighted by Crippen LogP contribution is -2.50. The van der Waals surface area contributed by atoms with E-state index in [-0.39, 0.29) is 50.0 Å². The van der Waals surface area contributed by atoms with Crippen LogP contribution in [-0.2, 0) is 11.0 Å². The number of hydrogen-bond acceptors (Lipinski definition) is 3. The van der Waals surface area contributed by atoms with E-state index in [1.165, 1.54) is 23.1 Å². The number of benzene rings is 2. The molecule has 0 spiro atoms. The van der Waals surface area contributed by atoms with Crippen molar-refractivity contribution in [1.29, 1.82) is 0 Å². The number of rotatable bonds is 6. The molecule has 1 N–H and O–H groups in total. The van der Waals surface area contributed by atoms with Gasteiger partial charge in [-0.15, -0.1) is 0 Å². The Morgan fingerprint density at radius 2 is 1.52 bits per heavy atom. The van der Waals surface area contributed by atoms with E-state index >= 15 is 0 Å². The van der Waals surface area contributed by atoms with Gasteiger partial charge in [-0.25, -0.2) is 0 Å². The van der Waals surface area contributed by atoms with Crippen LogP contribution in [-0.4, -0.2) is 60.2 Å². The number of alkyl halides is 3. The van der Waals surface area contributed by atoms with E-state index in [4.69, 9.17) is 11.6 Å². The fraction of sp³-hybridized carbons (Fsp3) is 0.348. The number of amides is 3. The molecular weight excluding hydrogens is 459 g/mol. The first-order valence-electron chi connectivity index (χ1n) is 10.4. The highest BCUT2D eigenvalue weighted by Gasteiger charge is 2.36. The second kappa shape index (κ2) is 10.7. The molecule has 1 saturated heterocycles. The molecule has 3 amide bonds. The quantitative estimate of drug-likeness (QED) is 0.637. The molecule has 2 aromatic rings. The minimum Gasteiger partial charge on any atom is -0.352 e. The van der Waals surface area contributed by atoms with Crippen LogP contribution in [0.3, 0.4) is 0 Å². The second-order valence-corrected chi connectivity index (χ2v) is 8.02. The van der Waals surface area contributed by atoms with Crippen LogP contribution in [0, 0.1) is 0 Å². The van der Waals surface area contributed by atoms with Gasteiger partial charge in [0.05, 0.1) is 11.1 Å². The summed E-state index contributed by atoms with van der Waals surface area (Å²) in [6, 6.07) is 11.1. The fourth-order valence-corrected chi connectivity index (χ4v) is 3.68. The van der Waals surface area contributed by atoms with Gasteiger partial charge in [0.1, 0.15) is 0 Å². The van der Waals surface area contributed by atoms with Crippen molar-refractivity contribution >= 4 is 29.3 Å². The summed E-state index contributed by atoms with van der Waals surface area (Å²) in [6.45, 7) is 1.12. The summed E-state index contributed by atoms with van der Waals surface area (Å²) >= 11 is 5.79. The van der Waals surface area contributed by atoms with E-state index in [1.54, 1.807) is 29.2 Å². The highest BCUT2D eigenvalue weighted by atomic mass is 35.5. The van der Waals surface area contributed by atoms with Gasteiger partial charge in [-0.2, -0.15) is 13.2 Å². The largest absolute Gasteiger partial charge is 0.417 e. The van der Waals surface area contributed by atoms with Gasteiger partial charge >= 0.3 is 6.18 Å². The van der Waals surface area contributed by atoms with Crippen LogP contribution in [0.5, 0.6) is 0 Å². The lowest BCUT2D eigenvalue weighted by molar-refractivity contribution is -0.138. The average Bonchev–Trinajstić information content (AvgIpc) is 2.81. The molecule has 1 aliphatic heterocycles. The van der Waals surface area contributed by atoms with Gasteiger partial charge in [-0.05, 0) is 42.8 Å². The van der Waals surface area contributed by atoms with Gasteiger partial charge in [-0.3, -0.25) is 14.4 Å². The van der Waals surface area contributed by atoms with Crippen LogP contribution in [0.25, 0.3) is 0 Å². The van der Waals surface area contributed by atoms with Crippen LogP contribution >= 0.6 is 11.6 Å². The SMILES string of the molecule is O=C(NCCCC(=O)N1CCN(C(=O)c2ccccc2C(F)(F)F)CC1)c1ccc(Cl)cc1. The Morgan fingerprint density at radius 1 is 0.909 bits per heavy atom. The van der Waals surface area contributed by atoms with Gasteiger partial charge < -0.3 is 15.1 Å². The number of carbonyl (C=O) groups excluding carboxylic acids is 3. The molecule has 1 heterocycles. The number of nitrogens with one attached hydrogen (secondary N) is 1. The molecule has 1 aliphatic rings. The standard InChI is InChI=1S/C23H23ClF3N3O3/c24-17-9-7-16(8-10-17)21(32)28-11-3-6-20(31)29-12-14-30(15-13-29)22(33)18-4-1-2-5-19(18)23(25,26)27/h1-2,4-5,7-10H,3,6,11-15H2,(H,28,32). The zero-order valence-corrected chi connectivity index (χ0v) is 18.5. The number of piperazine rings is 1.